The summed E-state index contributed by atoms with van der Waals surface area (Å²) in [5, 5.41) is 19.4. The zero-order valence-corrected chi connectivity index (χ0v) is 15.6. The van der Waals surface area contributed by atoms with Crippen LogP contribution in [0, 0.1) is 0 Å². The second-order valence-corrected chi connectivity index (χ2v) is 7.28. The van der Waals surface area contributed by atoms with Crippen molar-refractivity contribution < 1.29 is 15.0 Å². The van der Waals surface area contributed by atoms with Crippen LogP contribution in [0.4, 0.5) is 0 Å². The molecule has 0 atom stereocenters. The smallest absolute Gasteiger partial charge is 0.194 e. The molecule has 140 valence electrons. The predicted molar refractivity (Wildman–Crippen MR) is 113 cm³/mol. The topological polar surface area (TPSA) is 57.5 Å². The van der Waals surface area contributed by atoms with Crippen LogP contribution in [0.1, 0.15) is 27.0 Å². The van der Waals surface area contributed by atoms with Gasteiger partial charge in [0.15, 0.2) is 5.78 Å². The number of phenols is 2. The summed E-state index contributed by atoms with van der Waals surface area (Å²) in [7, 11) is 0. The summed E-state index contributed by atoms with van der Waals surface area (Å²) >= 11 is 0. The molecule has 0 aromatic heterocycles. The van der Waals surface area contributed by atoms with Gasteiger partial charge in [-0.25, -0.2) is 0 Å². The summed E-state index contributed by atoms with van der Waals surface area (Å²) in [5.41, 5.74) is 7.05. The Morgan fingerprint density at radius 3 is 1.86 bits per heavy atom. The van der Waals surface area contributed by atoms with E-state index in [0.717, 1.165) is 38.9 Å². The second kappa shape index (κ2) is 6.64. The Bertz CT molecular complexity index is 1240. The number of aromatic hydroxyl groups is 2. The fourth-order valence-corrected chi connectivity index (χ4v) is 4.10. The van der Waals surface area contributed by atoms with Crippen LogP contribution in [0.5, 0.6) is 11.5 Å². The molecule has 0 fully saturated rings. The molecule has 0 bridgehead atoms. The lowest BCUT2D eigenvalue weighted by Gasteiger charge is -2.24. The van der Waals surface area contributed by atoms with Crippen LogP contribution in [0.3, 0.4) is 0 Å². The molecule has 2 N–H and O–H groups in total. The molecule has 0 saturated heterocycles. The zero-order valence-electron chi connectivity index (χ0n) is 15.6. The first-order valence-corrected chi connectivity index (χ1v) is 9.49. The van der Waals surface area contributed by atoms with E-state index in [0.29, 0.717) is 12.0 Å². The number of fused-ring (bicyclic) bond motifs is 2. The van der Waals surface area contributed by atoms with Gasteiger partial charge < -0.3 is 10.2 Å². The Hall–Kier alpha value is -3.85. The average Bonchev–Trinajstić information content (AvgIpc) is 2.74. The first kappa shape index (κ1) is 17.3. The van der Waals surface area contributed by atoms with Crippen molar-refractivity contribution >= 4 is 5.78 Å². The summed E-state index contributed by atoms with van der Waals surface area (Å²) in [6.45, 7) is 0. The molecule has 4 aromatic rings. The van der Waals surface area contributed by atoms with Crippen LogP contribution >= 0.6 is 0 Å². The van der Waals surface area contributed by atoms with E-state index in [1.165, 1.54) is 0 Å². The summed E-state index contributed by atoms with van der Waals surface area (Å²) in [6.07, 6.45) is 0.707. The largest absolute Gasteiger partial charge is 0.508 e. The molecule has 0 heterocycles. The molecule has 29 heavy (non-hydrogen) atoms. The van der Waals surface area contributed by atoms with E-state index in [4.69, 9.17) is 0 Å². The Labute approximate surface area is 168 Å². The van der Waals surface area contributed by atoms with Gasteiger partial charge in [0.25, 0.3) is 0 Å². The van der Waals surface area contributed by atoms with Gasteiger partial charge in [0.05, 0.1) is 0 Å². The number of phenolic OH excluding ortho intramolecular Hbond substituents is 2. The minimum absolute atomic E-state index is 0.0190. The minimum Gasteiger partial charge on any atom is -0.508 e. The van der Waals surface area contributed by atoms with Crippen LogP contribution in [-0.4, -0.2) is 16.0 Å². The first-order chi connectivity index (χ1) is 14.1. The summed E-state index contributed by atoms with van der Waals surface area (Å²) in [4.78, 5) is 13.5. The highest BCUT2D eigenvalue weighted by atomic mass is 16.3. The highest BCUT2D eigenvalue weighted by Crippen LogP contribution is 2.41. The highest BCUT2D eigenvalue weighted by Gasteiger charge is 2.28. The van der Waals surface area contributed by atoms with Crippen molar-refractivity contribution in [3.8, 4) is 33.8 Å². The van der Waals surface area contributed by atoms with Crippen molar-refractivity contribution in [3.63, 3.8) is 0 Å². The Morgan fingerprint density at radius 1 is 0.552 bits per heavy atom. The molecular weight excluding hydrogens is 360 g/mol. The van der Waals surface area contributed by atoms with Crippen molar-refractivity contribution in [1.29, 1.82) is 0 Å². The number of hydrogen-bond donors (Lipinski definition) is 2. The molecular formula is C26H18O3. The van der Waals surface area contributed by atoms with Crippen molar-refractivity contribution in [2.45, 2.75) is 6.42 Å². The summed E-state index contributed by atoms with van der Waals surface area (Å²) in [5.74, 6) is 0.398. The molecule has 1 aliphatic carbocycles. The third-order valence-electron chi connectivity index (χ3n) is 5.50. The van der Waals surface area contributed by atoms with E-state index in [9.17, 15) is 15.0 Å². The highest BCUT2D eigenvalue weighted by molar-refractivity contribution is 6.17. The van der Waals surface area contributed by atoms with Gasteiger partial charge in [-0.05, 0) is 58.5 Å². The van der Waals surface area contributed by atoms with Crippen molar-refractivity contribution in [2.75, 3.05) is 0 Å². The van der Waals surface area contributed by atoms with E-state index in [1.54, 1.807) is 24.3 Å². The summed E-state index contributed by atoms with van der Waals surface area (Å²) in [6, 6.07) is 25.7. The number of hydrogen-bond acceptors (Lipinski definition) is 3. The second-order valence-electron chi connectivity index (χ2n) is 7.28. The molecule has 1 aliphatic rings. The SMILES string of the molecule is O=C1c2ccccc2Cc2ccc(-c3ccc(O)cc3)c(-c3ccc(O)cc3)c21. The van der Waals surface area contributed by atoms with Gasteiger partial charge in [0, 0.05) is 16.7 Å². The monoisotopic (exact) mass is 378 g/mol. The van der Waals surface area contributed by atoms with Gasteiger partial charge in [-0.3, -0.25) is 4.79 Å². The van der Waals surface area contributed by atoms with Gasteiger partial charge in [0.1, 0.15) is 11.5 Å². The number of carbonyl (C=O) groups excluding carboxylic acids is 1. The fourth-order valence-electron chi connectivity index (χ4n) is 4.10. The molecule has 0 radical (unpaired) electrons. The first-order valence-electron chi connectivity index (χ1n) is 9.49. The van der Waals surface area contributed by atoms with Crippen molar-refractivity contribution in [3.05, 3.63) is 107 Å². The maximum atomic E-state index is 13.5. The third kappa shape index (κ3) is 2.88. The molecule has 0 unspecified atom stereocenters. The molecule has 4 aromatic carbocycles. The maximum Gasteiger partial charge on any atom is 0.194 e. The Kier molecular flexibility index (Phi) is 3.95. The number of rotatable bonds is 2. The van der Waals surface area contributed by atoms with Crippen LogP contribution in [0.2, 0.25) is 0 Å². The molecule has 0 amide bonds. The zero-order chi connectivity index (χ0) is 20.0. The fraction of sp³-hybridized carbons (Fsp3) is 0.0385. The Balaban J connectivity index is 1.80. The lowest BCUT2D eigenvalue weighted by atomic mass is 9.78. The van der Waals surface area contributed by atoms with Crippen molar-refractivity contribution in [2.24, 2.45) is 0 Å². The van der Waals surface area contributed by atoms with E-state index in [2.05, 4.69) is 0 Å². The van der Waals surface area contributed by atoms with Crippen LogP contribution < -0.4 is 0 Å². The third-order valence-corrected chi connectivity index (χ3v) is 5.50. The lowest BCUT2D eigenvalue weighted by molar-refractivity contribution is 0.103. The van der Waals surface area contributed by atoms with Gasteiger partial charge in [0.2, 0.25) is 0 Å². The molecule has 0 saturated carbocycles. The number of carbonyl (C=O) groups is 1. The molecule has 0 spiro atoms. The molecule has 3 nitrogen and oxygen atoms in total. The molecule has 5 rings (SSSR count). The maximum absolute atomic E-state index is 13.5. The van der Waals surface area contributed by atoms with Crippen LogP contribution in [-0.2, 0) is 6.42 Å². The molecule has 3 heteroatoms. The minimum atomic E-state index is 0.0190. The molecule has 0 aliphatic heterocycles. The lowest BCUT2D eigenvalue weighted by Crippen LogP contribution is -2.16. The number of benzene rings is 4. The normalized spacial score (nSPS) is 12.3. The van der Waals surface area contributed by atoms with E-state index < -0.39 is 0 Å². The standard InChI is InChI=1S/C26H18O3/c27-20-10-5-16(6-11-20)22-14-9-19-15-18-3-1-2-4-23(18)26(29)25(19)24(22)17-7-12-21(28)13-8-17/h1-14,27-28H,15H2. The van der Waals surface area contributed by atoms with Gasteiger partial charge in [-0.15, -0.1) is 0 Å². The van der Waals surface area contributed by atoms with Gasteiger partial charge in [-0.2, -0.15) is 0 Å². The summed E-state index contributed by atoms with van der Waals surface area (Å²) < 4.78 is 0. The quantitative estimate of drug-likeness (QED) is 0.422. The van der Waals surface area contributed by atoms with E-state index in [-0.39, 0.29) is 17.3 Å². The number of ketones is 1. The van der Waals surface area contributed by atoms with Gasteiger partial charge >= 0.3 is 0 Å². The predicted octanol–water partition coefficient (Wildman–Crippen LogP) is 5.57. The van der Waals surface area contributed by atoms with E-state index in [1.807, 2.05) is 60.7 Å². The van der Waals surface area contributed by atoms with E-state index >= 15 is 0 Å². The average molecular weight is 378 g/mol. The van der Waals surface area contributed by atoms with Crippen molar-refractivity contribution in [1.82, 2.24) is 0 Å². The van der Waals surface area contributed by atoms with Gasteiger partial charge in [-0.1, -0.05) is 60.7 Å². The Morgan fingerprint density at radius 2 is 1.17 bits per heavy atom. The van der Waals surface area contributed by atoms with Crippen LogP contribution in [0.15, 0.2) is 84.9 Å². The van der Waals surface area contributed by atoms with Crippen LogP contribution in [0.25, 0.3) is 22.3 Å².